The Morgan fingerprint density at radius 3 is 1.69 bits per heavy atom. The zero-order valence-corrected chi connectivity index (χ0v) is 16.2. The lowest BCUT2D eigenvalue weighted by atomic mass is 9.83. The number of hydrogen-bond acceptors (Lipinski definition) is 2. The fraction of sp³-hybridized carbons (Fsp3) is 0.250. The molecule has 0 aliphatic heterocycles. The number of thioether (sulfide) groups is 1. The highest BCUT2D eigenvalue weighted by atomic mass is 32.2. The van der Waals surface area contributed by atoms with E-state index >= 15 is 0 Å². The summed E-state index contributed by atoms with van der Waals surface area (Å²) in [5.41, 5.74) is 11.2. The quantitative estimate of drug-likeness (QED) is 0.527. The van der Waals surface area contributed by atoms with Crippen LogP contribution in [-0.2, 0) is 11.2 Å². The number of hydrogen-bond donors (Lipinski definition) is 1. The van der Waals surface area contributed by atoms with Crippen molar-refractivity contribution in [3.05, 3.63) is 107 Å². The Morgan fingerprint density at radius 2 is 1.23 bits per heavy atom. The third kappa shape index (κ3) is 3.87. The summed E-state index contributed by atoms with van der Waals surface area (Å²) < 4.78 is -0.243. The summed E-state index contributed by atoms with van der Waals surface area (Å²) in [6.45, 7) is 2.89. The van der Waals surface area contributed by atoms with Crippen molar-refractivity contribution >= 4 is 11.8 Å². The molecule has 134 valence electrons. The van der Waals surface area contributed by atoms with E-state index in [0.717, 1.165) is 12.2 Å². The highest BCUT2D eigenvalue weighted by Gasteiger charge is 2.36. The number of benzene rings is 3. The van der Waals surface area contributed by atoms with Gasteiger partial charge in [0.2, 0.25) is 0 Å². The normalized spacial score (nSPS) is 11.5. The summed E-state index contributed by atoms with van der Waals surface area (Å²) >= 11 is 1.92. The minimum Gasteiger partial charge on any atom is -0.330 e. The summed E-state index contributed by atoms with van der Waals surface area (Å²) in [7, 11) is 0. The molecule has 2 heteroatoms. The van der Waals surface area contributed by atoms with Crippen LogP contribution < -0.4 is 5.73 Å². The second kappa shape index (κ2) is 9.07. The molecule has 0 aromatic heterocycles. The standard InChI is InChI=1S/C24H27NS/c1-2-9-20-14-16-23(17-15-20)24(26-19-18-25,21-10-5-3-6-11-21)22-12-7-4-8-13-22/h3-8,10-17H,2,9,18-19,25H2,1H3. The molecule has 0 bridgehead atoms. The lowest BCUT2D eigenvalue weighted by molar-refractivity contribution is 0.882. The number of nitrogens with two attached hydrogens (primary N) is 1. The van der Waals surface area contributed by atoms with E-state index in [9.17, 15) is 0 Å². The molecule has 3 aromatic carbocycles. The van der Waals surface area contributed by atoms with Crippen molar-refractivity contribution in [2.75, 3.05) is 12.3 Å². The van der Waals surface area contributed by atoms with E-state index in [0.29, 0.717) is 6.54 Å². The lowest BCUT2D eigenvalue weighted by Gasteiger charge is -2.35. The Morgan fingerprint density at radius 1 is 0.731 bits per heavy atom. The van der Waals surface area contributed by atoms with Crippen molar-refractivity contribution in [1.29, 1.82) is 0 Å². The predicted molar refractivity (Wildman–Crippen MR) is 115 cm³/mol. The lowest BCUT2D eigenvalue weighted by Crippen LogP contribution is -2.27. The molecule has 0 saturated carbocycles. The second-order valence-electron chi connectivity index (χ2n) is 6.50. The summed E-state index contributed by atoms with van der Waals surface area (Å²) in [5.74, 6) is 0.903. The molecule has 0 amide bonds. The molecule has 3 aromatic rings. The van der Waals surface area contributed by atoms with Crippen LogP contribution in [0.2, 0.25) is 0 Å². The molecular weight excluding hydrogens is 334 g/mol. The second-order valence-corrected chi connectivity index (χ2v) is 7.81. The van der Waals surface area contributed by atoms with Crippen molar-refractivity contribution in [1.82, 2.24) is 0 Å². The Labute approximate surface area is 161 Å². The van der Waals surface area contributed by atoms with Gasteiger partial charge in [0.1, 0.15) is 0 Å². The minimum atomic E-state index is -0.243. The van der Waals surface area contributed by atoms with Gasteiger partial charge in [0.05, 0.1) is 4.75 Å². The van der Waals surface area contributed by atoms with Crippen LogP contribution in [0.25, 0.3) is 0 Å². The van der Waals surface area contributed by atoms with Gasteiger partial charge >= 0.3 is 0 Å². The topological polar surface area (TPSA) is 26.0 Å². The monoisotopic (exact) mass is 361 g/mol. The Balaban J connectivity index is 2.19. The van der Waals surface area contributed by atoms with Gasteiger partial charge in [-0.15, -0.1) is 11.8 Å². The Kier molecular flexibility index (Phi) is 6.54. The van der Waals surface area contributed by atoms with Crippen molar-refractivity contribution < 1.29 is 0 Å². The van der Waals surface area contributed by atoms with Crippen LogP contribution in [0, 0.1) is 0 Å². The van der Waals surface area contributed by atoms with Crippen molar-refractivity contribution in [2.45, 2.75) is 24.5 Å². The van der Waals surface area contributed by atoms with Crippen LogP contribution in [0.3, 0.4) is 0 Å². The maximum absolute atomic E-state index is 5.91. The molecule has 0 unspecified atom stereocenters. The van der Waals surface area contributed by atoms with Crippen LogP contribution in [-0.4, -0.2) is 12.3 Å². The van der Waals surface area contributed by atoms with Gasteiger partial charge in [0.25, 0.3) is 0 Å². The van der Waals surface area contributed by atoms with E-state index in [-0.39, 0.29) is 4.75 Å². The molecule has 1 nitrogen and oxygen atoms in total. The van der Waals surface area contributed by atoms with E-state index in [1.54, 1.807) is 0 Å². The first-order valence-corrected chi connectivity index (χ1v) is 10.3. The van der Waals surface area contributed by atoms with Gasteiger partial charge in [-0.3, -0.25) is 0 Å². The molecule has 0 radical (unpaired) electrons. The molecule has 0 atom stereocenters. The maximum atomic E-state index is 5.91. The molecule has 0 aliphatic carbocycles. The van der Waals surface area contributed by atoms with Crippen LogP contribution >= 0.6 is 11.8 Å². The molecule has 3 rings (SSSR count). The van der Waals surface area contributed by atoms with E-state index in [1.165, 1.54) is 28.7 Å². The first kappa shape index (κ1) is 18.8. The minimum absolute atomic E-state index is 0.243. The number of aryl methyl sites for hydroxylation is 1. The van der Waals surface area contributed by atoms with Gasteiger partial charge in [-0.05, 0) is 28.7 Å². The Bertz CT molecular complexity index is 742. The average Bonchev–Trinajstić information content (AvgIpc) is 2.71. The van der Waals surface area contributed by atoms with Crippen molar-refractivity contribution in [3.8, 4) is 0 Å². The van der Waals surface area contributed by atoms with Crippen molar-refractivity contribution in [2.24, 2.45) is 5.73 Å². The Hall–Kier alpha value is -2.03. The van der Waals surface area contributed by atoms with Gasteiger partial charge in [0.15, 0.2) is 0 Å². The van der Waals surface area contributed by atoms with E-state index in [2.05, 4.69) is 91.9 Å². The van der Waals surface area contributed by atoms with Gasteiger partial charge in [-0.1, -0.05) is 98.3 Å². The summed E-state index contributed by atoms with van der Waals surface area (Å²) in [6, 6.07) is 30.8. The van der Waals surface area contributed by atoms with Crippen LogP contribution in [0.5, 0.6) is 0 Å². The zero-order valence-electron chi connectivity index (χ0n) is 15.4. The van der Waals surface area contributed by atoms with Crippen LogP contribution in [0.1, 0.15) is 35.6 Å². The molecule has 2 N–H and O–H groups in total. The maximum Gasteiger partial charge on any atom is 0.0907 e. The van der Waals surface area contributed by atoms with E-state index in [4.69, 9.17) is 5.73 Å². The number of rotatable bonds is 8. The van der Waals surface area contributed by atoms with Crippen LogP contribution in [0.15, 0.2) is 84.9 Å². The molecule has 0 spiro atoms. The van der Waals surface area contributed by atoms with E-state index < -0.39 is 0 Å². The highest BCUT2D eigenvalue weighted by molar-refractivity contribution is 8.00. The first-order valence-electron chi connectivity index (χ1n) is 9.35. The summed E-state index contributed by atoms with van der Waals surface area (Å²) in [4.78, 5) is 0. The molecule has 0 aliphatic rings. The van der Waals surface area contributed by atoms with Gasteiger partial charge in [0, 0.05) is 12.3 Å². The molecular formula is C24H27NS. The fourth-order valence-corrected chi connectivity index (χ4v) is 4.83. The third-order valence-electron chi connectivity index (χ3n) is 4.70. The zero-order chi connectivity index (χ0) is 18.2. The SMILES string of the molecule is CCCc1ccc(C(SCCN)(c2ccccc2)c2ccccc2)cc1. The summed E-state index contributed by atoms with van der Waals surface area (Å²) in [6.07, 6.45) is 2.30. The van der Waals surface area contributed by atoms with Crippen LogP contribution in [0.4, 0.5) is 0 Å². The highest BCUT2D eigenvalue weighted by Crippen LogP contribution is 2.48. The van der Waals surface area contributed by atoms with Gasteiger partial charge in [-0.25, -0.2) is 0 Å². The predicted octanol–water partition coefficient (Wildman–Crippen LogP) is 5.62. The molecule has 0 saturated heterocycles. The summed E-state index contributed by atoms with van der Waals surface area (Å²) in [5, 5.41) is 0. The average molecular weight is 362 g/mol. The molecule has 26 heavy (non-hydrogen) atoms. The smallest absolute Gasteiger partial charge is 0.0907 e. The largest absolute Gasteiger partial charge is 0.330 e. The van der Waals surface area contributed by atoms with Gasteiger partial charge < -0.3 is 5.73 Å². The van der Waals surface area contributed by atoms with E-state index in [1.807, 2.05) is 11.8 Å². The molecule has 0 heterocycles. The van der Waals surface area contributed by atoms with Crippen molar-refractivity contribution in [3.63, 3.8) is 0 Å². The first-order chi connectivity index (χ1) is 12.8. The van der Waals surface area contributed by atoms with Gasteiger partial charge in [-0.2, -0.15) is 0 Å². The molecule has 0 fully saturated rings. The fourth-order valence-electron chi connectivity index (χ4n) is 3.50. The third-order valence-corrected chi connectivity index (χ3v) is 6.28.